The zero-order valence-electron chi connectivity index (χ0n) is 26.6. The molecular formula is C33H44N2O10S. The first-order valence-corrected chi connectivity index (χ1v) is 17.2. The van der Waals surface area contributed by atoms with Crippen LogP contribution in [0.2, 0.25) is 0 Å². The molecule has 0 unspecified atom stereocenters. The standard InChI is InChI=1S/C33H44N2O10S/c1-22(36)12-14-33(2,3)21-35(46(39,40)29-11-7-10-27-30(29)42-17-16-41-27)19-26(37)25(18-23-8-5-4-6-9-23)34-32(38)45-28-20-44-31-24(28)13-15-43-31/h4-11,24-26,28,31,37H,12-21H2,1-3H3,(H,34,38)/t24-,25-,26+,28-,31+/m0/s1. The highest BCUT2D eigenvalue weighted by molar-refractivity contribution is 7.89. The van der Waals surface area contributed by atoms with E-state index in [1.165, 1.54) is 17.3 Å². The smallest absolute Gasteiger partial charge is 0.407 e. The van der Waals surface area contributed by atoms with Gasteiger partial charge in [-0.15, -0.1) is 0 Å². The summed E-state index contributed by atoms with van der Waals surface area (Å²) in [6, 6.07) is 13.1. The van der Waals surface area contributed by atoms with Crippen LogP contribution in [0.5, 0.6) is 11.5 Å². The number of amides is 1. The topological polar surface area (TPSA) is 150 Å². The van der Waals surface area contributed by atoms with E-state index in [1.807, 2.05) is 44.2 Å². The van der Waals surface area contributed by atoms with E-state index in [0.717, 1.165) is 5.56 Å². The van der Waals surface area contributed by atoms with Gasteiger partial charge in [0, 0.05) is 19.5 Å². The van der Waals surface area contributed by atoms with E-state index in [9.17, 15) is 23.1 Å². The van der Waals surface area contributed by atoms with Gasteiger partial charge in [-0.05, 0) is 49.3 Å². The Kier molecular flexibility index (Phi) is 10.9. The van der Waals surface area contributed by atoms with Crippen molar-refractivity contribution in [2.24, 2.45) is 11.3 Å². The quantitative estimate of drug-likeness (QED) is 0.309. The van der Waals surface area contributed by atoms with E-state index < -0.39 is 46.1 Å². The van der Waals surface area contributed by atoms with Crippen molar-refractivity contribution in [2.45, 2.75) is 75.9 Å². The molecule has 2 aromatic rings. The van der Waals surface area contributed by atoms with Crippen LogP contribution in [0.15, 0.2) is 53.4 Å². The first-order valence-electron chi connectivity index (χ1n) is 15.7. The number of alkyl carbamates (subject to hydrolysis) is 1. The molecule has 0 radical (unpaired) electrons. The molecule has 5 rings (SSSR count). The molecule has 3 aliphatic rings. The van der Waals surface area contributed by atoms with Crippen LogP contribution in [0.3, 0.4) is 0 Å². The molecule has 2 aromatic carbocycles. The van der Waals surface area contributed by atoms with Crippen LogP contribution in [0, 0.1) is 11.3 Å². The van der Waals surface area contributed by atoms with E-state index >= 15 is 0 Å². The Labute approximate surface area is 270 Å². The van der Waals surface area contributed by atoms with Gasteiger partial charge < -0.3 is 38.9 Å². The van der Waals surface area contributed by atoms with Gasteiger partial charge in [0.1, 0.15) is 30.0 Å². The lowest BCUT2D eigenvalue weighted by molar-refractivity contribution is -0.117. The number of ether oxygens (including phenoxy) is 5. The van der Waals surface area contributed by atoms with Crippen LogP contribution >= 0.6 is 0 Å². The van der Waals surface area contributed by atoms with Crippen LogP contribution in [-0.4, -0.2) is 93.8 Å². The number of hydrogen-bond donors (Lipinski definition) is 2. The van der Waals surface area contributed by atoms with Crippen LogP contribution in [0.1, 0.15) is 45.6 Å². The highest BCUT2D eigenvalue weighted by atomic mass is 32.2. The maximum absolute atomic E-state index is 14.4. The average molecular weight is 661 g/mol. The minimum Gasteiger partial charge on any atom is -0.486 e. The fourth-order valence-corrected chi connectivity index (χ4v) is 7.86. The highest BCUT2D eigenvalue weighted by Gasteiger charge is 2.44. The summed E-state index contributed by atoms with van der Waals surface area (Å²) < 4.78 is 58.2. The van der Waals surface area contributed by atoms with E-state index in [-0.39, 0.29) is 61.5 Å². The van der Waals surface area contributed by atoms with Crippen molar-refractivity contribution in [3.63, 3.8) is 0 Å². The molecule has 252 valence electrons. The molecule has 2 N–H and O–H groups in total. The number of Topliss-reactive ketones (excluding diaryl/α,β-unsaturated/α-hetero) is 1. The SMILES string of the molecule is CC(=O)CCC(C)(C)CN(C[C@@H](O)[C@H](Cc1ccccc1)NC(=O)O[C@H]1CO[C@H]2OCC[C@H]21)S(=O)(=O)c1cccc2c1OCCO2. The molecule has 0 spiro atoms. The molecule has 0 aliphatic carbocycles. The number of rotatable bonds is 14. The number of aliphatic hydroxyl groups excluding tert-OH is 1. The number of carbonyl (C=O) groups excluding carboxylic acids is 2. The van der Waals surface area contributed by atoms with Crippen molar-refractivity contribution in [1.82, 2.24) is 9.62 Å². The fourth-order valence-electron chi connectivity index (χ4n) is 6.07. The summed E-state index contributed by atoms with van der Waals surface area (Å²) >= 11 is 0. The van der Waals surface area contributed by atoms with Gasteiger partial charge in [-0.25, -0.2) is 13.2 Å². The Balaban J connectivity index is 1.40. The van der Waals surface area contributed by atoms with Crippen LogP contribution < -0.4 is 14.8 Å². The number of fused-ring (bicyclic) bond motifs is 2. The molecule has 46 heavy (non-hydrogen) atoms. The molecule has 12 nitrogen and oxygen atoms in total. The average Bonchev–Trinajstić information content (AvgIpc) is 3.65. The maximum atomic E-state index is 14.4. The van der Waals surface area contributed by atoms with Crippen molar-refractivity contribution in [3.05, 3.63) is 54.1 Å². The Hall–Kier alpha value is -3.23. The van der Waals surface area contributed by atoms with Gasteiger partial charge in [0.2, 0.25) is 10.0 Å². The third-order valence-corrected chi connectivity index (χ3v) is 10.4. The Morgan fingerprint density at radius 1 is 1.07 bits per heavy atom. The second-order valence-corrected chi connectivity index (χ2v) is 14.8. The predicted molar refractivity (Wildman–Crippen MR) is 167 cm³/mol. The molecule has 3 heterocycles. The summed E-state index contributed by atoms with van der Waals surface area (Å²) in [6.45, 7) is 6.13. The zero-order chi connectivity index (χ0) is 32.9. The molecule has 0 aromatic heterocycles. The first kappa shape index (κ1) is 34.1. The Morgan fingerprint density at radius 3 is 2.59 bits per heavy atom. The van der Waals surface area contributed by atoms with Gasteiger partial charge in [0.15, 0.2) is 17.8 Å². The van der Waals surface area contributed by atoms with Gasteiger partial charge in [-0.1, -0.05) is 50.2 Å². The summed E-state index contributed by atoms with van der Waals surface area (Å²) in [7, 11) is -4.26. The second-order valence-electron chi connectivity index (χ2n) is 12.9. The van der Waals surface area contributed by atoms with E-state index in [2.05, 4.69) is 5.32 Å². The second kappa shape index (κ2) is 14.7. The van der Waals surface area contributed by atoms with Crippen molar-refractivity contribution in [1.29, 1.82) is 0 Å². The van der Waals surface area contributed by atoms with Crippen molar-refractivity contribution < 1.29 is 46.8 Å². The number of hydrogen-bond acceptors (Lipinski definition) is 10. The lowest BCUT2D eigenvalue weighted by Gasteiger charge is -2.35. The van der Waals surface area contributed by atoms with Gasteiger partial charge in [-0.2, -0.15) is 4.31 Å². The maximum Gasteiger partial charge on any atom is 0.407 e. The molecule has 13 heteroatoms. The third kappa shape index (κ3) is 8.37. The number of benzene rings is 2. The molecule has 1 amide bonds. The number of nitrogens with one attached hydrogen (secondary N) is 1. The third-order valence-electron chi connectivity index (χ3n) is 8.61. The minimum absolute atomic E-state index is 0.000943. The van der Waals surface area contributed by atoms with Gasteiger partial charge >= 0.3 is 6.09 Å². The first-order chi connectivity index (χ1) is 21.9. The van der Waals surface area contributed by atoms with Crippen LogP contribution in [0.25, 0.3) is 0 Å². The number of aliphatic hydroxyl groups is 1. The number of carbonyl (C=O) groups is 2. The molecule has 5 atom stereocenters. The zero-order valence-corrected chi connectivity index (χ0v) is 27.4. The lowest BCUT2D eigenvalue weighted by Crippen LogP contribution is -2.52. The lowest BCUT2D eigenvalue weighted by atomic mass is 9.87. The number of para-hydroxylation sites is 1. The molecule has 3 aliphatic heterocycles. The van der Waals surface area contributed by atoms with Crippen molar-refractivity contribution >= 4 is 21.9 Å². The number of sulfonamides is 1. The van der Waals surface area contributed by atoms with Gasteiger partial charge in [-0.3, -0.25) is 0 Å². The van der Waals surface area contributed by atoms with Crippen molar-refractivity contribution in [3.8, 4) is 11.5 Å². The summed E-state index contributed by atoms with van der Waals surface area (Å²) in [5.74, 6) is 0.370. The van der Waals surface area contributed by atoms with E-state index in [1.54, 1.807) is 12.1 Å². The van der Waals surface area contributed by atoms with Crippen LogP contribution in [-0.2, 0) is 35.4 Å². The van der Waals surface area contributed by atoms with E-state index in [0.29, 0.717) is 31.8 Å². The monoisotopic (exact) mass is 660 g/mol. The Bertz CT molecular complexity index is 1470. The van der Waals surface area contributed by atoms with Gasteiger partial charge in [0.05, 0.1) is 31.3 Å². The summed E-state index contributed by atoms with van der Waals surface area (Å²) in [4.78, 5) is 24.9. The Morgan fingerprint density at radius 2 is 1.83 bits per heavy atom. The number of ketones is 1. The summed E-state index contributed by atoms with van der Waals surface area (Å²) in [6.07, 6.45) is -1.33. The molecule has 0 saturated carbocycles. The molecule has 2 saturated heterocycles. The molecular weight excluding hydrogens is 616 g/mol. The predicted octanol–water partition coefficient (Wildman–Crippen LogP) is 3.30. The fraction of sp³-hybridized carbons (Fsp3) is 0.576. The molecule has 2 fully saturated rings. The largest absolute Gasteiger partial charge is 0.486 e. The highest BCUT2D eigenvalue weighted by Crippen LogP contribution is 2.39. The summed E-state index contributed by atoms with van der Waals surface area (Å²) in [5.41, 5.74) is 0.202. The number of nitrogens with zero attached hydrogens (tertiary/aromatic N) is 1. The summed E-state index contributed by atoms with van der Waals surface area (Å²) in [5, 5.41) is 14.5. The normalized spacial score (nSPS) is 22.2. The van der Waals surface area contributed by atoms with E-state index in [4.69, 9.17) is 23.7 Å². The van der Waals surface area contributed by atoms with Gasteiger partial charge in [0.25, 0.3) is 0 Å². The van der Waals surface area contributed by atoms with Crippen molar-refractivity contribution in [2.75, 3.05) is 39.5 Å². The van der Waals surface area contributed by atoms with Crippen LogP contribution in [0.4, 0.5) is 4.79 Å². The minimum atomic E-state index is -4.26. The molecule has 0 bridgehead atoms.